The number of nitrogens with two attached hydrogens (primary N) is 1. The number of fused-ring (bicyclic) bond motifs is 1. The highest BCUT2D eigenvalue weighted by Crippen LogP contribution is 2.18. The molecule has 7 heteroatoms. The lowest BCUT2D eigenvalue weighted by Gasteiger charge is -2.11. The summed E-state index contributed by atoms with van der Waals surface area (Å²) in [5.41, 5.74) is 7.79. The maximum atomic E-state index is 12.8. The molecular weight excluding hydrogens is 308 g/mol. The van der Waals surface area contributed by atoms with Crippen LogP contribution < -0.4 is 11.3 Å². The molecule has 0 saturated heterocycles. The van der Waals surface area contributed by atoms with E-state index in [2.05, 4.69) is 9.97 Å². The van der Waals surface area contributed by atoms with Crippen molar-refractivity contribution >= 4 is 22.6 Å². The minimum absolute atomic E-state index is 0.252. The molecule has 0 aliphatic heterocycles. The minimum Gasteiger partial charge on any atom is -0.462 e. The van der Waals surface area contributed by atoms with E-state index in [4.69, 9.17) is 10.5 Å². The zero-order valence-corrected chi connectivity index (χ0v) is 13.3. The lowest BCUT2D eigenvalue weighted by atomic mass is 10.1. The average Bonchev–Trinajstić information content (AvgIpc) is 2.56. The van der Waals surface area contributed by atoms with E-state index in [1.165, 1.54) is 16.8 Å². The highest BCUT2D eigenvalue weighted by Gasteiger charge is 2.15. The fourth-order valence-electron chi connectivity index (χ4n) is 2.47. The van der Waals surface area contributed by atoms with Crippen LogP contribution in [0.15, 0.2) is 41.6 Å². The molecule has 0 aliphatic carbocycles. The highest BCUT2D eigenvalue weighted by molar-refractivity contribution is 5.95. The molecule has 122 valence electrons. The number of carbonyl (C=O) groups is 1. The Balaban J connectivity index is 2.25. The first kappa shape index (κ1) is 15.7. The second-order valence-corrected chi connectivity index (χ2v) is 5.20. The van der Waals surface area contributed by atoms with Gasteiger partial charge in [0.25, 0.3) is 5.56 Å². The summed E-state index contributed by atoms with van der Waals surface area (Å²) in [5.74, 6) is -0.500. The van der Waals surface area contributed by atoms with Gasteiger partial charge in [-0.1, -0.05) is 0 Å². The van der Waals surface area contributed by atoms with Gasteiger partial charge < -0.3 is 10.5 Å². The van der Waals surface area contributed by atoms with E-state index in [9.17, 15) is 9.59 Å². The second kappa shape index (κ2) is 6.11. The second-order valence-electron chi connectivity index (χ2n) is 5.20. The van der Waals surface area contributed by atoms with Crippen molar-refractivity contribution in [1.29, 1.82) is 0 Å². The molecule has 3 aromatic rings. The molecule has 3 aromatic heterocycles. The Morgan fingerprint density at radius 3 is 2.88 bits per heavy atom. The van der Waals surface area contributed by atoms with Gasteiger partial charge in [0.05, 0.1) is 46.3 Å². The molecule has 0 atom stereocenters. The van der Waals surface area contributed by atoms with Crippen molar-refractivity contribution in [3.63, 3.8) is 0 Å². The van der Waals surface area contributed by atoms with Crippen molar-refractivity contribution < 1.29 is 9.53 Å². The molecule has 2 N–H and O–H groups in total. The van der Waals surface area contributed by atoms with E-state index in [0.29, 0.717) is 28.0 Å². The molecule has 0 fully saturated rings. The average molecular weight is 324 g/mol. The van der Waals surface area contributed by atoms with Crippen LogP contribution in [-0.2, 0) is 4.74 Å². The molecule has 3 heterocycles. The molecule has 0 spiro atoms. The van der Waals surface area contributed by atoms with E-state index >= 15 is 0 Å². The number of carbonyl (C=O) groups excluding carboxylic acids is 1. The first-order valence-electron chi connectivity index (χ1n) is 7.43. The number of esters is 1. The first-order valence-corrected chi connectivity index (χ1v) is 7.43. The van der Waals surface area contributed by atoms with E-state index in [1.54, 1.807) is 38.4 Å². The molecular formula is C17H16N4O3. The quantitative estimate of drug-likeness (QED) is 0.738. The molecule has 0 aliphatic rings. The lowest BCUT2D eigenvalue weighted by Crippen LogP contribution is -2.20. The Hall–Kier alpha value is -3.22. The topological polar surface area (TPSA) is 100 Å². The third kappa shape index (κ3) is 2.60. The summed E-state index contributed by atoms with van der Waals surface area (Å²) in [7, 11) is 0. The fourth-order valence-corrected chi connectivity index (χ4v) is 2.47. The zero-order valence-electron chi connectivity index (χ0n) is 13.3. The van der Waals surface area contributed by atoms with E-state index in [1.807, 2.05) is 0 Å². The van der Waals surface area contributed by atoms with Gasteiger partial charge in [-0.05, 0) is 32.0 Å². The Kier molecular flexibility index (Phi) is 3.99. The van der Waals surface area contributed by atoms with Gasteiger partial charge in [0, 0.05) is 12.4 Å². The zero-order chi connectivity index (χ0) is 17.3. The van der Waals surface area contributed by atoms with Gasteiger partial charge in [-0.25, -0.2) is 4.79 Å². The van der Waals surface area contributed by atoms with Gasteiger partial charge in [-0.3, -0.25) is 19.3 Å². The largest absolute Gasteiger partial charge is 0.462 e. The highest BCUT2D eigenvalue weighted by atomic mass is 16.5. The van der Waals surface area contributed by atoms with Crippen LogP contribution in [0.4, 0.5) is 5.69 Å². The number of nitrogen functional groups attached to an aromatic ring is 1. The van der Waals surface area contributed by atoms with Crippen molar-refractivity contribution in [2.24, 2.45) is 0 Å². The predicted molar refractivity (Wildman–Crippen MR) is 90.2 cm³/mol. The number of hydrogen-bond acceptors (Lipinski definition) is 6. The van der Waals surface area contributed by atoms with Crippen molar-refractivity contribution in [3.8, 4) is 5.69 Å². The first-order chi connectivity index (χ1) is 11.5. The van der Waals surface area contributed by atoms with Crippen LogP contribution in [0.25, 0.3) is 16.6 Å². The summed E-state index contributed by atoms with van der Waals surface area (Å²) in [6.45, 7) is 3.68. The van der Waals surface area contributed by atoms with Crippen molar-refractivity contribution in [2.45, 2.75) is 13.8 Å². The molecule has 24 heavy (non-hydrogen) atoms. The number of aryl methyl sites for hydroxylation is 1. The summed E-state index contributed by atoms with van der Waals surface area (Å²) in [6.07, 6.45) is 4.65. The maximum absolute atomic E-state index is 12.8. The Morgan fingerprint density at radius 1 is 1.38 bits per heavy atom. The van der Waals surface area contributed by atoms with Crippen LogP contribution in [0.1, 0.15) is 23.0 Å². The number of nitrogens with zero attached hydrogens (tertiary/aromatic N) is 3. The molecule has 0 bridgehead atoms. The molecule has 3 rings (SSSR count). The summed E-state index contributed by atoms with van der Waals surface area (Å²) < 4.78 is 6.40. The van der Waals surface area contributed by atoms with E-state index in [0.717, 1.165) is 0 Å². The summed E-state index contributed by atoms with van der Waals surface area (Å²) in [6, 6.07) is 4.83. The minimum atomic E-state index is -0.500. The summed E-state index contributed by atoms with van der Waals surface area (Å²) >= 11 is 0. The number of rotatable bonds is 3. The van der Waals surface area contributed by atoms with Crippen molar-refractivity contribution in [1.82, 2.24) is 14.5 Å². The Morgan fingerprint density at radius 2 is 2.17 bits per heavy atom. The summed E-state index contributed by atoms with van der Waals surface area (Å²) in [4.78, 5) is 33.2. The molecule has 0 unspecified atom stereocenters. The molecule has 7 nitrogen and oxygen atoms in total. The van der Waals surface area contributed by atoms with Crippen molar-refractivity contribution in [2.75, 3.05) is 12.3 Å². The van der Waals surface area contributed by atoms with Crippen LogP contribution in [-0.4, -0.2) is 27.1 Å². The van der Waals surface area contributed by atoms with Crippen LogP contribution in [0, 0.1) is 6.92 Å². The van der Waals surface area contributed by atoms with Crippen LogP contribution >= 0.6 is 0 Å². The maximum Gasteiger partial charge on any atom is 0.339 e. The van der Waals surface area contributed by atoms with Gasteiger partial charge in [0.1, 0.15) is 0 Å². The lowest BCUT2D eigenvalue weighted by molar-refractivity contribution is 0.0525. The third-order valence-electron chi connectivity index (χ3n) is 3.66. The standard InChI is InChI=1S/C17H16N4O3/c1-3-24-17(23)11-8-12-14(20-10(11)2)5-7-21(16(12)22)15-9-19-6-4-13(15)18/h4-9H,3H2,1-2H3,(H2,18,19). The number of aromatic nitrogens is 3. The third-order valence-corrected chi connectivity index (χ3v) is 3.66. The Labute approximate surface area is 137 Å². The molecule has 0 saturated carbocycles. The SMILES string of the molecule is CCOC(=O)c1cc2c(=O)n(-c3cnccc3N)ccc2nc1C. The van der Waals surface area contributed by atoms with Gasteiger partial charge in [0.15, 0.2) is 0 Å². The van der Waals surface area contributed by atoms with Crippen molar-refractivity contribution in [3.05, 3.63) is 58.4 Å². The monoisotopic (exact) mass is 324 g/mol. The molecule has 0 radical (unpaired) electrons. The van der Waals surface area contributed by atoms with Crippen LogP contribution in [0.2, 0.25) is 0 Å². The Bertz CT molecular complexity index is 995. The normalized spacial score (nSPS) is 10.8. The van der Waals surface area contributed by atoms with E-state index in [-0.39, 0.29) is 17.7 Å². The van der Waals surface area contributed by atoms with Gasteiger partial charge >= 0.3 is 5.97 Å². The molecule has 0 amide bonds. The summed E-state index contributed by atoms with van der Waals surface area (Å²) in [5, 5.41) is 0.314. The fraction of sp³-hybridized carbons (Fsp3) is 0.176. The predicted octanol–water partition coefficient (Wildman–Crippen LogP) is 1.85. The number of pyridine rings is 3. The van der Waals surface area contributed by atoms with E-state index < -0.39 is 5.97 Å². The van der Waals surface area contributed by atoms with Gasteiger partial charge in [-0.15, -0.1) is 0 Å². The number of anilines is 1. The van der Waals surface area contributed by atoms with Gasteiger partial charge in [0.2, 0.25) is 0 Å². The molecule has 0 aromatic carbocycles. The van der Waals surface area contributed by atoms with Crippen LogP contribution in [0.5, 0.6) is 0 Å². The van der Waals surface area contributed by atoms with Crippen LogP contribution in [0.3, 0.4) is 0 Å². The van der Waals surface area contributed by atoms with Gasteiger partial charge in [-0.2, -0.15) is 0 Å². The smallest absolute Gasteiger partial charge is 0.339 e. The number of hydrogen-bond donors (Lipinski definition) is 1. The number of ether oxygens (including phenoxy) is 1.